The van der Waals surface area contributed by atoms with Crippen LogP contribution < -0.4 is 0 Å². The van der Waals surface area contributed by atoms with Crippen LogP contribution in [0.15, 0.2) is 4.52 Å². The third-order valence-electron chi connectivity index (χ3n) is 4.22. The van der Waals surface area contributed by atoms with Crippen molar-refractivity contribution in [3.63, 3.8) is 0 Å². The maximum absolute atomic E-state index is 12.6. The highest BCUT2D eigenvalue weighted by Gasteiger charge is 2.37. The average molecular weight is 309 g/mol. The smallest absolute Gasteiger partial charge is 0.252 e. The topological polar surface area (TPSA) is 77.7 Å². The van der Waals surface area contributed by atoms with E-state index in [0.29, 0.717) is 25.0 Å². The Balaban J connectivity index is 1.62. The van der Waals surface area contributed by atoms with Crippen molar-refractivity contribution in [1.82, 2.24) is 15.0 Å². The maximum atomic E-state index is 12.6. The molecular weight excluding hydrogens is 286 g/mol. The molecule has 2 atom stereocenters. The molecule has 22 heavy (non-hydrogen) atoms. The molecule has 1 saturated carbocycles. The van der Waals surface area contributed by atoms with E-state index in [9.17, 15) is 4.79 Å². The summed E-state index contributed by atoms with van der Waals surface area (Å²) in [5.74, 6) is 1.77. The zero-order valence-electron chi connectivity index (χ0n) is 13.2. The van der Waals surface area contributed by atoms with E-state index >= 15 is 0 Å². The lowest BCUT2D eigenvalue weighted by Crippen LogP contribution is -2.39. The van der Waals surface area contributed by atoms with Crippen molar-refractivity contribution < 1.29 is 18.8 Å². The molecule has 2 fully saturated rings. The monoisotopic (exact) mass is 309 g/mol. The summed E-state index contributed by atoms with van der Waals surface area (Å²) in [4.78, 5) is 18.9. The highest BCUT2D eigenvalue weighted by atomic mass is 16.5. The van der Waals surface area contributed by atoms with Gasteiger partial charge in [-0.05, 0) is 32.6 Å². The van der Waals surface area contributed by atoms with Gasteiger partial charge < -0.3 is 18.9 Å². The molecule has 7 heteroatoms. The Kier molecular flexibility index (Phi) is 4.73. The van der Waals surface area contributed by atoms with E-state index in [4.69, 9.17) is 14.0 Å². The second-order valence-corrected chi connectivity index (χ2v) is 5.96. The molecule has 122 valence electrons. The Morgan fingerprint density at radius 3 is 2.95 bits per heavy atom. The molecule has 1 amide bonds. The Labute approximate surface area is 129 Å². The summed E-state index contributed by atoms with van der Waals surface area (Å²) in [5.41, 5.74) is 0. The second-order valence-electron chi connectivity index (χ2n) is 5.96. The summed E-state index contributed by atoms with van der Waals surface area (Å²) < 4.78 is 15.8. The van der Waals surface area contributed by atoms with Gasteiger partial charge in [0.05, 0.1) is 19.3 Å². The number of hydrogen-bond acceptors (Lipinski definition) is 6. The van der Waals surface area contributed by atoms with E-state index in [-0.39, 0.29) is 11.9 Å². The molecule has 1 aliphatic carbocycles. The van der Waals surface area contributed by atoms with Crippen LogP contribution in [0.25, 0.3) is 0 Å². The Morgan fingerprint density at radius 1 is 1.41 bits per heavy atom. The van der Waals surface area contributed by atoms with E-state index in [1.807, 2.05) is 4.90 Å². The van der Waals surface area contributed by atoms with Crippen molar-refractivity contribution in [3.05, 3.63) is 11.7 Å². The van der Waals surface area contributed by atoms with Crippen LogP contribution in [0.5, 0.6) is 0 Å². The number of carbonyl (C=O) groups excluding carboxylic acids is 1. The van der Waals surface area contributed by atoms with Gasteiger partial charge in [0, 0.05) is 19.6 Å². The number of likely N-dealkylation sites (tertiary alicyclic amines) is 1. The van der Waals surface area contributed by atoms with Crippen molar-refractivity contribution in [2.24, 2.45) is 0 Å². The standard InChI is InChI=1S/C15H23N3O4/c1-10(21-9-8-20-2)15(19)18-7-3-4-12(18)13-16-14(22-17-13)11-5-6-11/h10-12H,3-9H2,1-2H3/t10-,12+/m1/s1. The molecule has 0 radical (unpaired) electrons. The number of methoxy groups -OCH3 is 1. The molecule has 0 aromatic carbocycles. The molecule has 1 aromatic rings. The van der Waals surface area contributed by atoms with E-state index in [0.717, 1.165) is 38.1 Å². The molecule has 1 aromatic heterocycles. The lowest BCUT2D eigenvalue weighted by molar-refractivity contribution is -0.144. The van der Waals surface area contributed by atoms with Gasteiger partial charge in [0.1, 0.15) is 6.10 Å². The molecule has 0 bridgehead atoms. The third-order valence-corrected chi connectivity index (χ3v) is 4.22. The fourth-order valence-electron chi connectivity index (χ4n) is 2.79. The highest BCUT2D eigenvalue weighted by molar-refractivity contribution is 5.81. The van der Waals surface area contributed by atoms with Crippen LogP contribution in [0.2, 0.25) is 0 Å². The van der Waals surface area contributed by atoms with Crippen LogP contribution in [0.4, 0.5) is 0 Å². The molecule has 0 N–H and O–H groups in total. The van der Waals surface area contributed by atoms with Gasteiger partial charge in [-0.3, -0.25) is 4.79 Å². The summed E-state index contributed by atoms with van der Waals surface area (Å²) in [6, 6.07) is -0.0859. The number of hydrogen-bond donors (Lipinski definition) is 0. The normalized spacial score (nSPS) is 23.0. The summed E-state index contributed by atoms with van der Waals surface area (Å²) in [6.45, 7) is 3.39. The quantitative estimate of drug-likeness (QED) is 0.713. The molecule has 0 unspecified atom stereocenters. The number of aromatic nitrogens is 2. The molecule has 2 aliphatic rings. The second kappa shape index (κ2) is 6.75. The lowest BCUT2D eigenvalue weighted by Gasteiger charge is -2.25. The number of nitrogens with zero attached hydrogens (tertiary/aromatic N) is 3. The average Bonchev–Trinajstić information content (AvgIpc) is 3.06. The summed E-state index contributed by atoms with van der Waals surface area (Å²) >= 11 is 0. The number of amides is 1. The highest BCUT2D eigenvalue weighted by Crippen LogP contribution is 2.40. The Hall–Kier alpha value is -1.47. The minimum Gasteiger partial charge on any atom is -0.382 e. The predicted octanol–water partition coefficient (Wildman–Crippen LogP) is 1.66. The largest absolute Gasteiger partial charge is 0.382 e. The van der Waals surface area contributed by atoms with Crippen molar-refractivity contribution in [1.29, 1.82) is 0 Å². The van der Waals surface area contributed by atoms with E-state index in [1.165, 1.54) is 0 Å². The van der Waals surface area contributed by atoms with Crippen molar-refractivity contribution in [2.75, 3.05) is 26.9 Å². The summed E-state index contributed by atoms with van der Waals surface area (Å²) in [7, 11) is 1.61. The van der Waals surface area contributed by atoms with Crippen molar-refractivity contribution >= 4 is 5.91 Å². The van der Waals surface area contributed by atoms with Gasteiger partial charge in [0.2, 0.25) is 5.89 Å². The van der Waals surface area contributed by atoms with Gasteiger partial charge in [0.25, 0.3) is 5.91 Å². The van der Waals surface area contributed by atoms with Gasteiger partial charge in [-0.1, -0.05) is 5.16 Å². The fraction of sp³-hybridized carbons (Fsp3) is 0.800. The first kappa shape index (κ1) is 15.4. The first-order chi connectivity index (χ1) is 10.7. The van der Waals surface area contributed by atoms with Gasteiger partial charge in [-0.25, -0.2) is 0 Å². The Bertz CT molecular complexity index is 515. The molecular formula is C15H23N3O4. The molecule has 2 heterocycles. The maximum Gasteiger partial charge on any atom is 0.252 e. The van der Waals surface area contributed by atoms with Gasteiger partial charge in [-0.15, -0.1) is 0 Å². The number of rotatable bonds is 7. The van der Waals surface area contributed by atoms with Crippen LogP contribution in [-0.2, 0) is 14.3 Å². The van der Waals surface area contributed by atoms with Crippen LogP contribution in [-0.4, -0.2) is 53.9 Å². The predicted molar refractivity (Wildman–Crippen MR) is 77.3 cm³/mol. The Morgan fingerprint density at radius 2 is 2.23 bits per heavy atom. The number of carbonyl (C=O) groups is 1. The van der Waals surface area contributed by atoms with Crippen molar-refractivity contribution in [3.8, 4) is 0 Å². The van der Waals surface area contributed by atoms with E-state index < -0.39 is 6.10 Å². The van der Waals surface area contributed by atoms with E-state index in [2.05, 4.69) is 10.1 Å². The molecule has 7 nitrogen and oxygen atoms in total. The fourth-order valence-corrected chi connectivity index (χ4v) is 2.79. The first-order valence-corrected chi connectivity index (χ1v) is 7.95. The van der Waals surface area contributed by atoms with E-state index in [1.54, 1.807) is 14.0 Å². The third kappa shape index (κ3) is 3.30. The van der Waals surface area contributed by atoms with Gasteiger partial charge in [-0.2, -0.15) is 4.98 Å². The van der Waals surface area contributed by atoms with Crippen LogP contribution in [0.1, 0.15) is 56.3 Å². The van der Waals surface area contributed by atoms with Gasteiger partial charge in [0.15, 0.2) is 5.82 Å². The van der Waals surface area contributed by atoms with Crippen LogP contribution >= 0.6 is 0 Å². The molecule has 1 saturated heterocycles. The van der Waals surface area contributed by atoms with Crippen molar-refractivity contribution in [2.45, 2.75) is 50.7 Å². The number of ether oxygens (including phenoxy) is 2. The minimum atomic E-state index is -0.481. The summed E-state index contributed by atoms with van der Waals surface area (Å²) in [6.07, 6.45) is 3.60. The molecule has 3 rings (SSSR count). The van der Waals surface area contributed by atoms with Crippen LogP contribution in [0, 0.1) is 0 Å². The zero-order chi connectivity index (χ0) is 15.5. The zero-order valence-corrected chi connectivity index (χ0v) is 13.2. The SMILES string of the molecule is COCCO[C@H](C)C(=O)N1CCC[C@H]1c1noc(C2CC2)n1. The van der Waals surface area contributed by atoms with Gasteiger partial charge >= 0.3 is 0 Å². The lowest BCUT2D eigenvalue weighted by atomic mass is 10.2. The minimum absolute atomic E-state index is 0.0172. The summed E-state index contributed by atoms with van der Waals surface area (Å²) in [5, 5.41) is 4.09. The first-order valence-electron chi connectivity index (χ1n) is 7.95. The molecule has 1 aliphatic heterocycles. The van der Waals surface area contributed by atoms with Crippen LogP contribution in [0.3, 0.4) is 0 Å². The molecule has 0 spiro atoms.